The largest absolute Gasteiger partial charge is 0.397 e. The van der Waals surface area contributed by atoms with Gasteiger partial charge in [-0.3, -0.25) is 10.2 Å². The fraction of sp³-hybridized carbons (Fsp3) is 0.429. The number of nitrogens with two attached hydrogens (primary N) is 1. The number of carbonyl (C=O) groups excluding carboxylic acids is 1. The van der Waals surface area contributed by atoms with Crippen LogP contribution in [0, 0.1) is 6.92 Å². The smallest absolute Gasteiger partial charge is 0.277 e. The average molecular weight is 305 g/mol. The predicted octanol–water partition coefficient (Wildman–Crippen LogP) is 1.08. The molecule has 2 aromatic heterocycles. The molecule has 1 aliphatic rings. The molecule has 6 nitrogen and oxygen atoms in total. The minimum absolute atomic E-state index is 0.141. The van der Waals surface area contributed by atoms with Gasteiger partial charge in [0.15, 0.2) is 0 Å². The molecule has 1 saturated heterocycles. The lowest BCUT2D eigenvalue weighted by molar-refractivity contribution is 0.0667. The Labute approximate surface area is 127 Å². The summed E-state index contributed by atoms with van der Waals surface area (Å²) in [7, 11) is 2.08. The summed E-state index contributed by atoms with van der Waals surface area (Å²) < 4.78 is 0. The van der Waals surface area contributed by atoms with E-state index in [0.717, 1.165) is 42.1 Å². The SMILES string of the molecule is Cc1ccc2c(N)c(C(=O)NN3CCN(C)CC3)sc2n1. The zero-order chi connectivity index (χ0) is 15.0. The minimum atomic E-state index is -0.141. The van der Waals surface area contributed by atoms with Crippen molar-refractivity contribution in [1.29, 1.82) is 0 Å². The van der Waals surface area contributed by atoms with Crippen molar-refractivity contribution in [2.75, 3.05) is 39.0 Å². The molecule has 1 amide bonds. The third kappa shape index (κ3) is 2.85. The Bertz CT molecular complexity index is 675. The van der Waals surface area contributed by atoms with Crippen molar-refractivity contribution in [3.8, 4) is 0 Å². The Hall–Kier alpha value is -1.70. The first-order valence-corrected chi connectivity index (χ1v) is 7.76. The van der Waals surface area contributed by atoms with Crippen LogP contribution < -0.4 is 11.2 Å². The van der Waals surface area contributed by atoms with E-state index >= 15 is 0 Å². The van der Waals surface area contributed by atoms with Crippen molar-refractivity contribution in [3.05, 3.63) is 22.7 Å². The molecule has 0 atom stereocenters. The summed E-state index contributed by atoms with van der Waals surface area (Å²) in [4.78, 5) is 20.4. The Morgan fingerprint density at radius 1 is 1.33 bits per heavy atom. The normalized spacial score (nSPS) is 17.2. The van der Waals surface area contributed by atoms with Crippen LogP contribution in [0.15, 0.2) is 12.1 Å². The lowest BCUT2D eigenvalue weighted by atomic mass is 10.2. The van der Waals surface area contributed by atoms with Crippen LogP contribution in [0.1, 0.15) is 15.4 Å². The van der Waals surface area contributed by atoms with Crippen LogP contribution in [0.2, 0.25) is 0 Å². The molecule has 3 rings (SSSR count). The summed E-state index contributed by atoms with van der Waals surface area (Å²) in [6.07, 6.45) is 0. The monoisotopic (exact) mass is 305 g/mol. The number of nitrogen functional groups attached to an aromatic ring is 1. The number of fused-ring (bicyclic) bond motifs is 1. The number of nitrogens with zero attached hydrogens (tertiary/aromatic N) is 3. The van der Waals surface area contributed by atoms with Crippen molar-refractivity contribution < 1.29 is 4.79 Å². The van der Waals surface area contributed by atoms with Crippen molar-refractivity contribution in [3.63, 3.8) is 0 Å². The van der Waals surface area contributed by atoms with Gasteiger partial charge in [0.1, 0.15) is 9.71 Å². The van der Waals surface area contributed by atoms with Crippen LogP contribution in [-0.4, -0.2) is 54.0 Å². The number of piperazine rings is 1. The van der Waals surface area contributed by atoms with Gasteiger partial charge in [-0.2, -0.15) is 0 Å². The first-order chi connectivity index (χ1) is 10.0. The molecule has 0 bridgehead atoms. The van der Waals surface area contributed by atoms with E-state index in [-0.39, 0.29) is 5.91 Å². The highest BCUT2D eigenvalue weighted by molar-refractivity contribution is 7.21. The highest BCUT2D eigenvalue weighted by Crippen LogP contribution is 2.32. The molecule has 2 aromatic rings. The number of hydrogen-bond acceptors (Lipinski definition) is 6. The van der Waals surface area contributed by atoms with Crippen molar-refractivity contribution in [1.82, 2.24) is 20.3 Å². The van der Waals surface area contributed by atoms with Crippen LogP contribution in [-0.2, 0) is 0 Å². The lowest BCUT2D eigenvalue weighted by Crippen LogP contribution is -2.52. The molecule has 112 valence electrons. The van der Waals surface area contributed by atoms with Gasteiger partial charge in [-0.15, -0.1) is 11.3 Å². The topological polar surface area (TPSA) is 74.5 Å². The number of aryl methyl sites for hydroxylation is 1. The first kappa shape index (κ1) is 14.2. The summed E-state index contributed by atoms with van der Waals surface area (Å²) in [6.45, 7) is 5.47. The Balaban J connectivity index is 1.80. The number of rotatable bonds is 2. The Kier molecular flexibility index (Phi) is 3.79. The number of thiophene rings is 1. The highest BCUT2D eigenvalue weighted by atomic mass is 32.1. The number of carbonyl (C=O) groups is 1. The predicted molar refractivity (Wildman–Crippen MR) is 85.3 cm³/mol. The number of nitrogens with one attached hydrogen (secondary N) is 1. The highest BCUT2D eigenvalue weighted by Gasteiger charge is 2.21. The van der Waals surface area contributed by atoms with Crippen LogP contribution in [0.25, 0.3) is 10.2 Å². The number of likely N-dealkylation sites (N-methyl/N-ethyl adjacent to an activating group) is 1. The number of amides is 1. The maximum atomic E-state index is 12.4. The summed E-state index contributed by atoms with van der Waals surface area (Å²) in [5, 5.41) is 2.80. The van der Waals surface area contributed by atoms with E-state index in [0.29, 0.717) is 10.6 Å². The summed E-state index contributed by atoms with van der Waals surface area (Å²) in [5.74, 6) is -0.141. The number of anilines is 1. The molecule has 7 heteroatoms. The number of pyridine rings is 1. The molecule has 0 unspecified atom stereocenters. The van der Waals surface area contributed by atoms with Gasteiger partial charge in [-0.25, -0.2) is 9.99 Å². The zero-order valence-corrected chi connectivity index (χ0v) is 13.0. The van der Waals surface area contributed by atoms with Crippen LogP contribution in [0.3, 0.4) is 0 Å². The van der Waals surface area contributed by atoms with Crippen LogP contribution in [0.4, 0.5) is 5.69 Å². The molecule has 1 fully saturated rings. The van der Waals surface area contributed by atoms with E-state index in [1.54, 1.807) is 0 Å². The van der Waals surface area contributed by atoms with E-state index in [4.69, 9.17) is 5.73 Å². The van der Waals surface area contributed by atoms with E-state index in [1.807, 2.05) is 24.1 Å². The molecule has 3 N–H and O–H groups in total. The van der Waals surface area contributed by atoms with Crippen LogP contribution in [0.5, 0.6) is 0 Å². The third-order valence-electron chi connectivity index (χ3n) is 3.70. The van der Waals surface area contributed by atoms with Gasteiger partial charge in [0.2, 0.25) is 0 Å². The second-order valence-electron chi connectivity index (χ2n) is 5.38. The maximum Gasteiger partial charge on any atom is 0.277 e. The standard InChI is InChI=1S/C14H19N5OS/c1-9-3-4-10-11(15)12(21-14(10)16-9)13(20)17-19-7-5-18(2)6-8-19/h3-4H,5-8,15H2,1-2H3,(H,17,20). The molecule has 21 heavy (non-hydrogen) atoms. The molecule has 1 aliphatic heterocycles. The van der Waals surface area contributed by atoms with Gasteiger partial charge in [-0.1, -0.05) is 0 Å². The van der Waals surface area contributed by atoms with Gasteiger partial charge in [-0.05, 0) is 26.1 Å². The number of hydrazine groups is 1. The van der Waals surface area contributed by atoms with Crippen molar-refractivity contribution >= 4 is 33.1 Å². The zero-order valence-electron chi connectivity index (χ0n) is 12.2. The number of hydrogen-bond donors (Lipinski definition) is 2. The third-order valence-corrected chi connectivity index (χ3v) is 4.82. The molecule has 0 aliphatic carbocycles. The minimum Gasteiger partial charge on any atom is -0.397 e. The average Bonchev–Trinajstić information content (AvgIpc) is 2.78. The van der Waals surface area contributed by atoms with E-state index in [2.05, 4.69) is 22.4 Å². The number of aromatic nitrogens is 1. The Morgan fingerprint density at radius 3 is 2.76 bits per heavy atom. The molecule has 0 saturated carbocycles. The quantitative estimate of drug-likeness (QED) is 0.868. The summed E-state index contributed by atoms with van der Waals surface area (Å²) >= 11 is 1.35. The molecular formula is C14H19N5OS. The van der Waals surface area contributed by atoms with Gasteiger partial charge >= 0.3 is 0 Å². The van der Waals surface area contributed by atoms with E-state index < -0.39 is 0 Å². The van der Waals surface area contributed by atoms with Gasteiger partial charge < -0.3 is 10.6 Å². The maximum absolute atomic E-state index is 12.4. The first-order valence-electron chi connectivity index (χ1n) is 6.94. The van der Waals surface area contributed by atoms with Gasteiger partial charge in [0, 0.05) is 37.3 Å². The molecular weight excluding hydrogens is 286 g/mol. The van der Waals surface area contributed by atoms with Crippen molar-refractivity contribution in [2.24, 2.45) is 0 Å². The lowest BCUT2D eigenvalue weighted by Gasteiger charge is -2.32. The van der Waals surface area contributed by atoms with E-state index in [1.165, 1.54) is 11.3 Å². The fourth-order valence-electron chi connectivity index (χ4n) is 2.37. The summed E-state index contributed by atoms with van der Waals surface area (Å²) in [6, 6.07) is 3.84. The Morgan fingerprint density at radius 2 is 2.05 bits per heavy atom. The molecule has 0 radical (unpaired) electrons. The van der Waals surface area contributed by atoms with Crippen LogP contribution >= 0.6 is 11.3 Å². The fourth-order valence-corrected chi connectivity index (χ4v) is 3.40. The van der Waals surface area contributed by atoms with Gasteiger partial charge in [0.25, 0.3) is 5.91 Å². The second-order valence-corrected chi connectivity index (χ2v) is 6.38. The van der Waals surface area contributed by atoms with E-state index in [9.17, 15) is 4.79 Å². The molecule has 0 spiro atoms. The van der Waals surface area contributed by atoms with Gasteiger partial charge in [0.05, 0.1) is 5.69 Å². The molecule has 3 heterocycles. The molecule has 0 aromatic carbocycles. The van der Waals surface area contributed by atoms with Crippen molar-refractivity contribution in [2.45, 2.75) is 6.92 Å². The summed E-state index contributed by atoms with van der Waals surface area (Å²) in [5.41, 5.74) is 10.5. The second kappa shape index (κ2) is 5.59.